The molecular formula is C27H36F6N6O5. The van der Waals surface area contributed by atoms with Crippen molar-refractivity contribution in [3.05, 3.63) is 47.3 Å². The summed E-state index contributed by atoms with van der Waals surface area (Å²) in [5, 5.41) is 14.2. The Kier molecular flexibility index (Phi) is 11.8. The minimum Gasteiger partial charge on any atom is -0.475 e. The van der Waals surface area contributed by atoms with Crippen LogP contribution in [-0.2, 0) is 28.1 Å². The van der Waals surface area contributed by atoms with Gasteiger partial charge < -0.3 is 24.6 Å². The van der Waals surface area contributed by atoms with Crippen molar-refractivity contribution in [2.75, 3.05) is 33.7 Å². The number of aliphatic carboxylic acids is 2. The van der Waals surface area contributed by atoms with Crippen molar-refractivity contribution in [3.8, 4) is 0 Å². The average molecular weight is 639 g/mol. The van der Waals surface area contributed by atoms with Gasteiger partial charge in [-0.3, -0.25) is 9.88 Å². The third-order valence-corrected chi connectivity index (χ3v) is 7.08. The van der Waals surface area contributed by atoms with E-state index in [0.29, 0.717) is 6.04 Å². The molecule has 2 aliphatic rings. The molecule has 11 nitrogen and oxygen atoms in total. The number of likely N-dealkylation sites (tertiary alicyclic amines) is 1. The molecule has 1 spiro atoms. The lowest BCUT2D eigenvalue weighted by Crippen LogP contribution is -2.54. The van der Waals surface area contributed by atoms with Crippen LogP contribution in [0, 0.1) is 6.92 Å². The number of imidazole rings is 1. The number of urea groups is 1. The predicted octanol–water partition coefficient (Wildman–Crippen LogP) is 4.47. The smallest absolute Gasteiger partial charge is 0.475 e. The minimum absolute atomic E-state index is 0.00361. The lowest BCUT2D eigenvalue weighted by atomic mass is 9.72. The van der Waals surface area contributed by atoms with Crippen LogP contribution in [0.1, 0.15) is 55.6 Å². The average Bonchev–Trinajstić information content (AvgIpc) is 3.25. The Morgan fingerprint density at radius 1 is 1.00 bits per heavy atom. The van der Waals surface area contributed by atoms with Crippen LogP contribution in [0.3, 0.4) is 0 Å². The molecule has 44 heavy (non-hydrogen) atoms. The maximum atomic E-state index is 12.5. The standard InChI is InChI=1S/C23H34N6O.2C2HF3O2/c1-17(2)29-18(3)25-21-20(29)15-27(14-19-8-6-7-11-24-19)16-23(21)9-12-28(13-10-23)22(30)26(4)5;2*3-2(4,5)1(6)7/h6-8,11,17H,9-10,12-16H2,1-5H3;2*(H,6,7). The predicted molar refractivity (Wildman–Crippen MR) is 145 cm³/mol. The van der Waals surface area contributed by atoms with Crippen molar-refractivity contribution in [1.29, 1.82) is 0 Å². The Bertz CT molecular complexity index is 1260. The third-order valence-electron chi connectivity index (χ3n) is 7.08. The normalized spacial score (nSPS) is 16.3. The first-order chi connectivity index (χ1) is 20.2. The third kappa shape index (κ3) is 9.30. The second-order valence-corrected chi connectivity index (χ2v) is 10.9. The van der Waals surface area contributed by atoms with Gasteiger partial charge in [0.1, 0.15) is 5.82 Å². The van der Waals surface area contributed by atoms with E-state index in [0.717, 1.165) is 57.1 Å². The summed E-state index contributed by atoms with van der Waals surface area (Å²) in [6, 6.07) is 6.61. The van der Waals surface area contributed by atoms with E-state index in [1.54, 1.807) is 4.90 Å². The van der Waals surface area contributed by atoms with Gasteiger partial charge in [0.15, 0.2) is 0 Å². The van der Waals surface area contributed by atoms with Gasteiger partial charge in [-0.2, -0.15) is 26.3 Å². The van der Waals surface area contributed by atoms with Gasteiger partial charge in [-0.25, -0.2) is 19.4 Å². The number of hydrogen-bond acceptors (Lipinski definition) is 6. The van der Waals surface area contributed by atoms with Crippen molar-refractivity contribution in [2.24, 2.45) is 0 Å². The first kappa shape index (κ1) is 36.3. The van der Waals surface area contributed by atoms with Crippen molar-refractivity contribution in [1.82, 2.24) is 29.2 Å². The molecule has 2 aliphatic heterocycles. The van der Waals surface area contributed by atoms with Crippen LogP contribution in [0.15, 0.2) is 24.4 Å². The Morgan fingerprint density at radius 3 is 1.93 bits per heavy atom. The Balaban J connectivity index is 0.000000402. The molecule has 1 fully saturated rings. The Labute approximate surface area is 250 Å². The number of amides is 2. The van der Waals surface area contributed by atoms with E-state index in [2.05, 4.69) is 47.4 Å². The molecule has 4 heterocycles. The van der Waals surface area contributed by atoms with Crippen LogP contribution in [-0.4, -0.2) is 103 Å². The number of carboxylic acids is 2. The second-order valence-electron chi connectivity index (χ2n) is 10.9. The van der Waals surface area contributed by atoms with Gasteiger partial charge in [0, 0.05) is 64.5 Å². The molecule has 0 aliphatic carbocycles. The van der Waals surface area contributed by atoms with Crippen LogP contribution in [0.2, 0.25) is 0 Å². The van der Waals surface area contributed by atoms with E-state index < -0.39 is 24.3 Å². The molecule has 2 aromatic rings. The molecule has 0 radical (unpaired) electrons. The molecule has 2 amide bonds. The summed E-state index contributed by atoms with van der Waals surface area (Å²) < 4.78 is 65.9. The highest BCUT2D eigenvalue weighted by molar-refractivity contribution is 5.74. The number of aryl methyl sites for hydroxylation is 1. The van der Waals surface area contributed by atoms with Crippen molar-refractivity contribution in [3.63, 3.8) is 0 Å². The number of fused-ring (bicyclic) bond motifs is 2. The summed E-state index contributed by atoms with van der Waals surface area (Å²) in [5.41, 5.74) is 3.71. The first-order valence-electron chi connectivity index (χ1n) is 13.5. The largest absolute Gasteiger partial charge is 0.490 e. The fourth-order valence-electron chi connectivity index (χ4n) is 5.26. The summed E-state index contributed by atoms with van der Waals surface area (Å²) in [6.45, 7) is 10.9. The molecule has 0 bridgehead atoms. The van der Waals surface area contributed by atoms with E-state index in [1.165, 1.54) is 11.4 Å². The lowest BCUT2D eigenvalue weighted by Gasteiger charge is -2.47. The van der Waals surface area contributed by atoms with Crippen LogP contribution < -0.4 is 0 Å². The van der Waals surface area contributed by atoms with E-state index >= 15 is 0 Å². The molecule has 17 heteroatoms. The first-order valence-corrected chi connectivity index (χ1v) is 13.5. The van der Waals surface area contributed by atoms with E-state index in [4.69, 9.17) is 24.8 Å². The maximum Gasteiger partial charge on any atom is 0.490 e. The van der Waals surface area contributed by atoms with Crippen LogP contribution in [0.25, 0.3) is 0 Å². The summed E-state index contributed by atoms with van der Waals surface area (Å²) in [6.07, 6.45) is -6.39. The van der Waals surface area contributed by atoms with Crippen molar-refractivity contribution in [2.45, 2.75) is 70.5 Å². The topological polar surface area (TPSA) is 132 Å². The molecule has 0 unspecified atom stereocenters. The lowest BCUT2D eigenvalue weighted by molar-refractivity contribution is -0.193. The summed E-state index contributed by atoms with van der Waals surface area (Å²) >= 11 is 0. The highest BCUT2D eigenvalue weighted by Crippen LogP contribution is 2.42. The van der Waals surface area contributed by atoms with E-state index in [1.807, 2.05) is 31.3 Å². The van der Waals surface area contributed by atoms with E-state index in [9.17, 15) is 31.1 Å². The monoisotopic (exact) mass is 638 g/mol. The summed E-state index contributed by atoms with van der Waals surface area (Å²) in [5.74, 6) is -4.42. The number of nitrogens with zero attached hydrogens (tertiary/aromatic N) is 6. The van der Waals surface area contributed by atoms with Gasteiger partial charge in [0.05, 0.1) is 17.1 Å². The summed E-state index contributed by atoms with van der Waals surface area (Å²) in [7, 11) is 3.65. The van der Waals surface area contributed by atoms with Crippen molar-refractivity contribution < 1.29 is 50.9 Å². The number of pyridine rings is 1. The van der Waals surface area contributed by atoms with Gasteiger partial charge in [-0.05, 0) is 45.7 Å². The second kappa shape index (κ2) is 14.3. The van der Waals surface area contributed by atoms with Gasteiger partial charge in [-0.1, -0.05) is 6.07 Å². The zero-order valence-electron chi connectivity index (χ0n) is 24.9. The number of piperidine rings is 1. The molecule has 0 aromatic carbocycles. The van der Waals surface area contributed by atoms with Crippen LogP contribution >= 0.6 is 0 Å². The van der Waals surface area contributed by atoms with E-state index in [-0.39, 0.29) is 11.4 Å². The highest BCUT2D eigenvalue weighted by atomic mass is 19.4. The van der Waals surface area contributed by atoms with Gasteiger partial charge >= 0.3 is 30.3 Å². The van der Waals surface area contributed by atoms with Gasteiger partial charge in [-0.15, -0.1) is 0 Å². The molecule has 246 valence electrons. The summed E-state index contributed by atoms with van der Waals surface area (Å²) in [4.78, 5) is 46.1. The quantitative estimate of drug-likeness (QED) is 0.471. The number of halogens is 6. The molecule has 2 aromatic heterocycles. The number of alkyl halides is 6. The zero-order valence-corrected chi connectivity index (χ0v) is 24.9. The number of carboxylic acid groups (broad SMARTS) is 2. The fourth-order valence-corrected chi connectivity index (χ4v) is 5.26. The molecular weight excluding hydrogens is 602 g/mol. The molecule has 1 saturated heterocycles. The maximum absolute atomic E-state index is 12.5. The number of hydrogen-bond donors (Lipinski definition) is 2. The number of rotatable bonds is 3. The number of carbonyl (C=O) groups is 3. The molecule has 0 atom stereocenters. The van der Waals surface area contributed by atoms with Gasteiger partial charge in [0.25, 0.3) is 0 Å². The number of aromatic nitrogens is 3. The van der Waals surface area contributed by atoms with Gasteiger partial charge in [0.2, 0.25) is 0 Å². The molecule has 2 N–H and O–H groups in total. The Morgan fingerprint density at radius 2 is 1.52 bits per heavy atom. The number of carbonyl (C=O) groups excluding carboxylic acids is 1. The van der Waals surface area contributed by atoms with Crippen LogP contribution in [0.5, 0.6) is 0 Å². The SMILES string of the molecule is Cc1nc2c(n1C(C)C)CN(Cc1ccccn1)CC21CCN(C(=O)N(C)C)CC1.O=C(O)C(F)(F)F.O=C(O)C(F)(F)F. The fraction of sp³-hybridized carbons (Fsp3) is 0.593. The zero-order chi connectivity index (χ0) is 33.6. The highest BCUT2D eigenvalue weighted by Gasteiger charge is 2.46. The van der Waals surface area contributed by atoms with Crippen LogP contribution in [0.4, 0.5) is 31.1 Å². The van der Waals surface area contributed by atoms with Crippen molar-refractivity contribution >= 4 is 18.0 Å². The minimum atomic E-state index is -5.08. The molecule has 4 rings (SSSR count). The molecule has 0 saturated carbocycles. The Hall–Kier alpha value is -3.89.